The number of rotatable bonds is 10. The molecule has 2 aromatic carbocycles. The summed E-state index contributed by atoms with van der Waals surface area (Å²) in [5.74, 6) is 0.0846. The maximum Gasteiger partial charge on any atom is 0.331 e. The van der Waals surface area contributed by atoms with E-state index >= 15 is 0 Å². The topological polar surface area (TPSA) is 115 Å². The Bertz CT molecular complexity index is 1490. The second-order valence-electron chi connectivity index (χ2n) is 8.21. The standard InChI is InChI=1S/C26H25ClN4O5/c27-18-7-5-8-19(15-18)29-24(33)17-31-22-11-2-1-10-21(22)25(34)30(26(31)35)13-4-3-12-23(32)28-16-20-9-6-14-36-20/h1-2,5-11,14-15H,3-4,12-13,16-17H2,(H,28,32)(H,29,33). The summed E-state index contributed by atoms with van der Waals surface area (Å²) in [5.41, 5.74) is -0.127. The Hall–Kier alpha value is -4.11. The molecular weight excluding hydrogens is 484 g/mol. The summed E-state index contributed by atoms with van der Waals surface area (Å²) < 4.78 is 7.59. The van der Waals surface area contributed by atoms with Crippen LogP contribution in [0.4, 0.5) is 5.69 Å². The molecule has 2 aromatic heterocycles. The number of aromatic nitrogens is 2. The number of anilines is 1. The van der Waals surface area contributed by atoms with E-state index in [2.05, 4.69) is 10.6 Å². The molecule has 0 fully saturated rings. The molecule has 0 spiro atoms. The van der Waals surface area contributed by atoms with Crippen molar-refractivity contribution in [2.24, 2.45) is 0 Å². The molecule has 9 nitrogen and oxygen atoms in total. The summed E-state index contributed by atoms with van der Waals surface area (Å²) >= 11 is 5.98. The van der Waals surface area contributed by atoms with Gasteiger partial charge >= 0.3 is 5.69 Å². The molecule has 0 unspecified atom stereocenters. The molecule has 4 aromatic rings. The van der Waals surface area contributed by atoms with Crippen LogP contribution in [0.3, 0.4) is 0 Å². The third-order valence-corrected chi connectivity index (χ3v) is 5.85. The van der Waals surface area contributed by atoms with Crippen LogP contribution >= 0.6 is 11.6 Å². The van der Waals surface area contributed by atoms with Crippen molar-refractivity contribution in [1.82, 2.24) is 14.5 Å². The van der Waals surface area contributed by atoms with Crippen LogP contribution in [0.5, 0.6) is 0 Å². The largest absolute Gasteiger partial charge is 0.467 e. The number of carbonyl (C=O) groups excluding carboxylic acids is 2. The van der Waals surface area contributed by atoms with Crippen LogP contribution in [0.25, 0.3) is 10.9 Å². The van der Waals surface area contributed by atoms with E-state index in [-0.39, 0.29) is 25.4 Å². The molecule has 0 aliphatic heterocycles. The summed E-state index contributed by atoms with van der Waals surface area (Å²) in [6, 6.07) is 16.9. The van der Waals surface area contributed by atoms with Crippen LogP contribution in [-0.2, 0) is 29.2 Å². The predicted molar refractivity (Wildman–Crippen MR) is 137 cm³/mol. The lowest BCUT2D eigenvalue weighted by Crippen LogP contribution is -2.41. The summed E-state index contributed by atoms with van der Waals surface area (Å²) in [7, 11) is 0. The maximum atomic E-state index is 13.2. The van der Waals surface area contributed by atoms with Gasteiger partial charge in [-0.3, -0.25) is 23.5 Å². The van der Waals surface area contributed by atoms with E-state index in [1.807, 2.05) is 0 Å². The van der Waals surface area contributed by atoms with Crippen LogP contribution in [0.1, 0.15) is 25.0 Å². The zero-order chi connectivity index (χ0) is 25.5. The van der Waals surface area contributed by atoms with E-state index in [1.165, 1.54) is 10.8 Å². The Morgan fingerprint density at radius 2 is 1.75 bits per heavy atom. The minimum Gasteiger partial charge on any atom is -0.467 e. The third-order valence-electron chi connectivity index (χ3n) is 5.62. The second-order valence-corrected chi connectivity index (χ2v) is 8.65. The number of unbranched alkanes of at least 4 members (excludes halogenated alkanes) is 1. The number of nitrogens with one attached hydrogen (secondary N) is 2. The van der Waals surface area contributed by atoms with E-state index in [9.17, 15) is 19.2 Å². The van der Waals surface area contributed by atoms with Gasteiger partial charge in [0.1, 0.15) is 12.3 Å². The van der Waals surface area contributed by atoms with Gasteiger partial charge in [0, 0.05) is 23.7 Å². The number of furan rings is 1. The summed E-state index contributed by atoms with van der Waals surface area (Å²) in [4.78, 5) is 51.0. The van der Waals surface area contributed by atoms with Crippen LogP contribution in [-0.4, -0.2) is 20.9 Å². The molecule has 10 heteroatoms. The Kier molecular flexibility index (Phi) is 8.02. The van der Waals surface area contributed by atoms with Crippen LogP contribution in [0.15, 0.2) is 80.9 Å². The lowest BCUT2D eigenvalue weighted by atomic mass is 10.2. The molecule has 4 rings (SSSR count). The average molecular weight is 509 g/mol. The number of fused-ring (bicyclic) bond motifs is 1. The van der Waals surface area contributed by atoms with Gasteiger partial charge in [0.15, 0.2) is 0 Å². The molecule has 0 aliphatic carbocycles. The minimum atomic E-state index is -0.581. The van der Waals surface area contributed by atoms with Crippen molar-refractivity contribution in [2.75, 3.05) is 5.32 Å². The quantitative estimate of drug-likeness (QED) is 0.318. The van der Waals surface area contributed by atoms with Gasteiger partial charge in [-0.15, -0.1) is 0 Å². The fourth-order valence-corrected chi connectivity index (χ4v) is 4.06. The number of amides is 2. The first-order valence-corrected chi connectivity index (χ1v) is 11.9. The number of para-hydroxylation sites is 1. The van der Waals surface area contributed by atoms with Crippen LogP contribution in [0.2, 0.25) is 5.02 Å². The SMILES string of the molecule is O=C(CCCCn1c(=O)c2ccccc2n(CC(=O)Nc2cccc(Cl)c2)c1=O)NCc1ccco1. The maximum absolute atomic E-state index is 13.2. The van der Waals surface area contributed by atoms with E-state index in [1.54, 1.807) is 60.7 Å². The first kappa shape index (κ1) is 25.0. The third kappa shape index (κ3) is 6.11. The first-order valence-electron chi connectivity index (χ1n) is 11.5. The Balaban J connectivity index is 1.45. The Morgan fingerprint density at radius 3 is 2.53 bits per heavy atom. The van der Waals surface area contributed by atoms with Crippen molar-refractivity contribution in [2.45, 2.75) is 38.9 Å². The lowest BCUT2D eigenvalue weighted by Gasteiger charge is -2.14. The van der Waals surface area contributed by atoms with Gasteiger partial charge in [0.25, 0.3) is 5.56 Å². The summed E-state index contributed by atoms with van der Waals surface area (Å²) in [5, 5.41) is 6.30. The molecular formula is C26H25ClN4O5. The smallest absolute Gasteiger partial charge is 0.331 e. The number of benzene rings is 2. The summed E-state index contributed by atoms with van der Waals surface area (Å²) in [6.45, 7) is 0.156. The van der Waals surface area contributed by atoms with Crippen molar-refractivity contribution in [3.63, 3.8) is 0 Å². The molecule has 0 bridgehead atoms. The number of nitrogens with zero attached hydrogens (tertiary/aromatic N) is 2. The molecule has 0 aliphatic rings. The number of hydrogen-bond acceptors (Lipinski definition) is 5. The van der Waals surface area contributed by atoms with Crippen LogP contribution in [0, 0.1) is 0 Å². The molecule has 0 atom stereocenters. The zero-order valence-electron chi connectivity index (χ0n) is 19.4. The minimum absolute atomic E-state index is 0.129. The fourth-order valence-electron chi connectivity index (χ4n) is 3.87. The van der Waals surface area contributed by atoms with Gasteiger partial charge in [0.2, 0.25) is 11.8 Å². The number of carbonyl (C=O) groups is 2. The van der Waals surface area contributed by atoms with Gasteiger partial charge in [-0.1, -0.05) is 29.8 Å². The molecule has 2 heterocycles. The molecule has 186 valence electrons. The second kappa shape index (κ2) is 11.5. The zero-order valence-corrected chi connectivity index (χ0v) is 20.2. The molecule has 0 saturated carbocycles. The van der Waals surface area contributed by atoms with Gasteiger partial charge in [-0.25, -0.2) is 4.79 Å². The molecule has 36 heavy (non-hydrogen) atoms. The van der Waals surface area contributed by atoms with Crippen molar-refractivity contribution in [3.05, 3.63) is 98.5 Å². The average Bonchev–Trinajstić information content (AvgIpc) is 3.39. The normalized spacial score (nSPS) is 10.9. The van der Waals surface area contributed by atoms with Crippen LogP contribution < -0.4 is 21.9 Å². The van der Waals surface area contributed by atoms with Gasteiger partial charge in [-0.05, 0) is 55.3 Å². The highest BCUT2D eigenvalue weighted by Crippen LogP contribution is 2.15. The van der Waals surface area contributed by atoms with Crippen molar-refractivity contribution in [1.29, 1.82) is 0 Å². The van der Waals surface area contributed by atoms with E-state index < -0.39 is 17.2 Å². The fraction of sp³-hybridized carbons (Fsp3) is 0.231. The Morgan fingerprint density at radius 1 is 0.917 bits per heavy atom. The summed E-state index contributed by atoms with van der Waals surface area (Å²) in [6.07, 6.45) is 2.71. The highest BCUT2D eigenvalue weighted by molar-refractivity contribution is 6.30. The number of hydrogen-bond donors (Lipinski definition) is 2. The highest BCUT2D eigenvalue weighted by atomic mass is 35.5. The number of halogens is 1. The van der Waals surface area contributed by atoms with E-state index in [4.69, 9.17) is 16.0 Å². The molecule has 0 radical (unpaired) electrons. The van der Waals surface area contributed by atoms with Gasteiger partial charge < -0.3 is 15.1 Å². The van der Waals surface area contributed by atoms with Crippen molar-refractivity contribution in [3.8, 4) is 0 Å². The Labute approximate surface area is 211 Å². The monoisotopic (exact) mass is 508 g/mol. The van der Waals surface area contributed by atoms with E-state index in [0.717, 1.165) is 4.57 Å². The molecule has 2 amide bonds. The van der Waals surface area contributed by atoms with Crippen molar-refractivity contribution >= 4 is 40.0 Å². The molecule has 0 saturated heterocycles. The van der Waals surface area contributed by atoms with Gasteiger partial charge in [-0.2, -0.15) is 0 Å². The first-order chi connectivity index (χ1) is 17.4. The highest BCUT2D eigenvalue weighted by Gasteiger charge is 2.15. The molecule has 2 N–H and O–H groups in total. The predicted octanol–water partition coefficient (Wildman–Crippen LogP) is 3.54. The lowest BCUT2D eigenvalue weighted by molar-refractivity contribution is -0.121. The van der Waals surface area contributed by atoms with Gasteiger partial charge in [0.05, 0.1) is 23.7 Å². The van der Waals surface area contributed by atoms with E-state index in [0.29, 0.717) is 46.8 Å². The van der Waals surface area contributed by atoms with Crippen molar-refractivity contribution < 1.29 is 14.0 Å².